The van der Waals surface area contributed by atoms with Gasteiger partial charge in [0.25, 0.3) is 0 Å². The maximum Gasteiger partial charge on any atom is 0.306 e. The number of hydrogen-bond donors (Lipinski definition) is 2. The SMILES string of the molecule is CCc1nn(C)c(CC)c1CC(=O)NC1CCC(C(=O)O)CC1. The van der Waals surface area contributed by atoms with E-state index in [1.165, 1.54) is 0 Å². The van der Waals surface area contributed by atoms with Gasteiger partial charge in [0.15, 0.2) is 0 Å². The summed E-state index contributed by atoms with van der Waals surface area (Å²) in [5, 5.41) is 16.6. The summed E-state index contributed by atoms with van der Waals surface area (Å²) in [5.41, 5.74) is 3.16. The molecule has 1 aromatic rings. The number of carboxylic acids is 1. The van der Waals surface area contributed by atoms with E-state index in [2.05, 4.69) is 24.3 Å². The first-order chi connectivity index (χ1) is 11.0. The van der Waals surface area contributed by atoms with Crippen LogP contribution in [0.25, 0.3) is 0 Å². The summed E-state index contributed by atoms with van der Waals surface area (Å²) < 4.78 is 1.87. The van der Waals surface area contributed by atoms with Gasteiger partial charge in [0.2, 0.25) is 5.91 Å². The fraction of sp³-hybridized carbons (Fsp3) is 0.706. The number of nitrogens with zero attached hydrogens (tertiary/aromatic N) is 2. The van der Waals surface area contributed by atoms with Crippen LogP contribution in [-0.4, -0.2) is 32.8 Å². The van der Waals surface area contributed by atoms with Gasteiger partial charge in [-0.1, -0.05) is 13.8 Å². The third kappa shape index (κ3) is 4.12. The van der Waals surface area contributed by atoms with Gasteiger partial charge in [-0.05, 0) is 38.5 Å². The fourth-order valence-corrected chi connectivity index (χ4v) is 3.52. The molecule has 1 saturated carbocycles. The molecule has 0 unspecified atom stereocenters. The van der Waals surface area contributed by atoms with Crippen molar-refractivity contribution in [3.8, 4) is 0 Å². The van der Waals surface area contributed by atoms with Crippen LogP contribution in [0, 0.1) is 5.92 Å². The Morgan fingerprint density at radius 3 is 2.39 bits per heavy atom. The van der Waals surface area contributed by atoms with Crippen LogP contribution in [0.3, 0.4) is 0 Å². The highest BCUT2D eigenvalue weighted by Gasteiger charge is 2.27. The molecule has 0 aliphatic heterocycles. The second-order valence-electron chi connectivity index (χ2n) is 6.33. The van der Waals surface area contributed by atoms with E-state index < -0.39 is 5.97 Å². The van der Waals surface area contributed by atoms with Crippen LogP contribution in [0.15, 0.2) is 0 Å². The monoisotopic (exact) mass is 321 g/mol. The van der Waals surface area contributed by atoms with Crippen LogP contribution in [-0.2, 0) is 35.9 Å². The lowest BCUT2D eigenvalue weighted by molar-refractivity contribution is -0.142. The molecule has 23 heavy (non-hydrogen) atoms. The van der Waals surface area contributed by atoms with Gasteiger partial charge in [0.05, 0.1) is 18.0 Å². The van der Waals surface area contributed by atoms with E-state index in [0.717, 1.165) is 42.6 Å². The normalized spacial score (nSPS) is 21.2. The Kier molecular flexibility index (Phi) is 5.80. The average molecular weight is 321 g/mol. The van der Waals surface area contributed by atoms with Crippen molar-refractivity contribution in [1.82, 2.24) is 15.1 Å². The largest absolute Gasteiger partial charge is 0.481 e. The number of carbonyl (C=O) groups excluding carboxylic acids is 1. The fourth-order valence-electron chi connectivity index (χ4n) is 3.52. The molecule has 2 N–H and O–H groups in total. The Labute approximate surface area is 137 Å². The second kappa shape index (κ2) is 7.62. The predicted octanol–water partition coefficient (Wildman–Crippen LogP) is 1.85. The van der Waals surface area contributed by atoms with Crippen molar-refractivity contribution in [1.29, 1.82) is 0 Å². The van der Waals surface area contributed by atoms with Crippen molar-refractivity contribution >= 4 is 11.9 Å². The Hall–Kier alpha value is -1.85. The molecule has 0 radical (unpaired) electrons. The molecule has 1 amide bonds. The lowest BCUT2D eigenvalue weighted by atomic mass is 9.86. The van der Waals surface area contributed by atoms with Crippen LogP contribution in [0.5, 0.6) is 0 Å². The van der Waals surface area contributed by atoms with Crippen molar-refractivity contribution in [2.75, 3.05) is 0 Å². The number of nitrogens with one attached hydrogen (secondary N) is 1. The first-order valence-electron chi connectivity index (χ1n) is 8.52. The standard InChI is InChI=1S/C17H27N3O3/c1-4-14-13(15(5-2)20(3)19-14)10-16(21)18-12-8-6-11(7-9-12)17(22)23/h11-12H,4-10H2,1-3H3,(H,18,21)(H,22,23). The Morgan fingerprint density at radius 1 is 1.22 bits per heavy atom. The molecule has 1 heterocycles. The Morgan fingerprint density at radius 2 is 1.87 bits per heavy atom. The minimum atomic E-state index is -0.717. The smallest absolute Gasteiger partial charge is 0.306 e. The van der Waals surface area contributed by atoms with Crippen LogP contribution in [0.4, 0.5) is 0 Å². The van der Waals surface area contributed by atoms with E-state index in [-0.39, 0.29) is 17.9 Å². The van der Waals surface area contributed by atoms with E-state index in [1.54, 1.807) is 0 Å². The van der Waals surface area contributed by atoms with Crippen LogP contribution in [0.2, 0.25) is 0 Å². The summed E-state index contributed by atoms with van der Waals surface area (Å²) >= 11 is 0. The molecule has 6 heteroatoms. The summed E-state index contributed by atoms with van der Waals surface area (Å²) in [4.78, 5) is 23.3. The van der Waals surface area contributed by atoms with Gasteiger partial charge in [-0.2, -0.15) is 5.10 Å². The molecule has 1 fully saturated rings. The number of hydrogen-bond acceptors (Lipinski definition) is 3. The molecular formula is C17H27N3O3. The molecule has 6 nitrogen and oxygen atoms in total. The van der Waals surface area contributed by atoms with Crippen molar-refractivity contribution in [2.24, 2.45) is 13.0 Å². The lowest BCUT2D eigenvalue weighted by Gasteiger charge is -2.26. The molecule has 2 rings (SSSR count). The van der Waals surface area contributed by atoms with Gasteiger partial charge < -0.3 is 10.4 Å². The number of amides is 1. The Bertz CT molecular complexity index is 572. The van der Waals surface area contributed by atoms with Crippen molar-refractivity contribution in [3.63, 3.8) is 0 Å². The average Bonchev–Trinajstić information content (AvgIpc) is 2.82. The van der Waals surface area contributed by atoms with Crippen molar-refractivity contribution in [3.05, 3.63) is 17.0 Å². The van der Waals surface area contributed by atoms with E-state index in [0.29, 0.717) is 19.3 Å². The lowest BCUT2D eigenvalue weighted by Crippen LogP contribution is -2.39. The minimum absolute atomic E-state index is 0.0150. The third-order valence-electron chi connectivity index (χ3n) is 4.81. The number of aliphatic carboxylic acids is 1. The molecule has 1 aliphatic carbocycles. The number of rotatable bonds is 6. The van der Waals surface area contributed by atoms with Gasteiger partial charge in [0, 0.05) is 24.3 Å². The molecule has 0 spiro atoms. The highest BCUT2D eigenvalue weighted by molar-refractivity contribution is 5.79. The molecule has 128 valence electrons. The van der Waals surface area contributed by atoms with Crippen LogP contribution < -0.4 is 5.32 Å². The summed E-state index contributed by atoms with van der Waals surface area (Å²) in [5.74, 6) is -0.952. The number of aryl methyl sites for hydroxylation is 2. The van der Waals surface area contributed by atoms with E-state index in [9.17, 15) is 9.59 Å². The summed E-state index contributed by atoms with van der Waals surface area (Å²) in [6, 6.07) is 0.102. The maximum atomic E-state index is 12.4. The predicted molar refractivity (Wildman–Crippen MR) is 87.2 cm³/mol. The van der Waals surface area contributed by atoms with Crippen molar-refractivity contribution < 1.29 is 14.7 Å². The zero-order valence-corrected chi connectivity index (χ0v) is 14.3. The van der Waals surface area contributed by atoms with Crippen molar-refractivity contribution in [2.45, 2.75) is 64.8 Å². The van der Waals surface area contributed by atoms with Gasteiger partial charge in [-0.25, -0.2) is 0 Å². The molecule has 1 aliphatic rings. The van der Waals surface area contributed by atoms with E-state index >= 15 is 0 Å². The topological polar surface area (TPSA) is 84.2 Å². The third-order valence-corrected chi connectivity index (χ3v) is 4.81. The first kappa shape index (κ1) is 17.5. The van der Waals surface area contributed by atoms with Gasteiger partial charge >= 0.3 is 5.97 Å². The molecule has 0 bridgehead atoms. The maximum absolute atomic E-state index is 12.4. The summed E-state index contributed by atoms with van der Waals surface area (Å²) in [6.45, 7) is 4.13. The number of aromatic nitrogens is 2. The minimum Gasteiger partial charge on any atom is -0.481 e. The quantitative estimate of drug-likeness (QED) is 0.837. The molecule has 0 saturated heterocycles. The van der Waals surface area contributed by atoms with Gasteiger partial charge in [-0.3, -0.25) is 14.3 Å². The highest BCUT2D eigenvalue weighted by atomic mass is 16.4. The van der Waals surface area contributed by atoms with E-state index in [4.69, 9.17) is 5.11 Å². The zero-order chi connectivity index (χ0) is 17.0. The molecule has 0 aromatic carbocycles. The number of carboxylic acid groups (broad SMARTS) is 1. The highest BCUT2D eigenvalue weighted by Crippen LogP contribution is 2.24. The molecule has 0 atom stereocenters. The summed E-state index contributed by atoms with van der Waals surface area (Å²) in [7, 11) is 1.92. The van der Waals surface area contributed by atoms with Crippen LogP contribution in [0.1, 0.15) is 56.5 Å². The Balaban J connectivity index is 1.94. The van der Waals surface area contributed by atoms with Gasteiger partial charge in [0.1, 0.15) is 0 Å². The van der Waals surface area contributed by atoms with Crippen LogP contribution >= 0.6 is 0 Å². The summed E-state index contributed by atoms with van der Waals surface area (Å²) in [6.07, 6.45) is 4.82. The molecular weight excluding hydrogens is 294 g/mol. The number of carbonyl (C=O) groups is 2. The van der Waals surface area contributed by atoms with Gasteiger partial charge in [-0.15, -0.1) is 0 Å². The van der Waals surface area contributed by atoms with E-state index in [1.807, 2.05) is 11.7 Å². The molecule has 1 aromatic heterocycles. The zero-order valence-electron chi connectivity index (χ0n) is 14.3. The first-order valence-corrected chi connectivity index (χ1v) is 8.52. The second-order valence-corrected chi connectivity index (χ2v) is 6.33.